The van der Waals surface area contributed by atoms with E-state index in [1.807, 2.05) is 73.2 Å². The van der Waals surface area contributed by atoms with Crippen molar-refractivity contribution in [1.82, 2.24) is 59.9 Å². The SMILES string of the molecule is CCCCCCCCCCOc1ccc(-n2cc(-c3nc(-c4cn(-c5ccc(OCCCCCCCCCC)c(OCCCCCCCCCC)c5)nn4)nc(-c4cn(-c5ccc(OCCCCCCCCCC)c(OCCCCCCCCCC)c5)nn4)n3)nn2)cc1OCCCCCCCCCC. The molecule has 0 unspecified atom stereocenters. The van der Waals surface area contributed by atoms with Crippen LogP contribution in [-0.2, 0) is 0 Å². The predicted molar refractivity (Wildman–Crippen MR) is 430 cm³/mol. The Bertz CT molecular complexity index is 2980. The maximum absolute atomic E-state index is 6.58. The number of rotatable bonds is 66. The van der Waals surface area contributed by atoms with E-state index >= 15 is 0 Å². The molecule has 105 heavy (non-hydrogen) atoms. The third kappa shape index (κ3) is 33.7. The van der Waals surface area contributed by atoms with Crippen LogP contribution < -0.4 is 28.4 Å². The maximum atomic E-state index is 6.58. The first-order valence-corrected chi connectivity index (χ1v) is 42.7. The van der Waals surface area contributed by atoms with Crippen molar-refractivity contribution in [1.29, 1.82) is 0 Å². The number of benzene rings is 3. The van der Waals surface area contributed by atoms with E-state index in [0.717, 1.165) is 111 Å². The highest BCUT2D eigenvalue weighted by molar-refractivity contribution is 5.62. The molecule has 0 spiro atoms. The van der Waals surface area contributed by atoms with Gasteiger partial charge in [0.25, 0.3) is 0 Å². The molecule has 0 fully saturated rings. The fraction of sp³-hybridized carbons (Fsp3) is 0.690. The minimum Gasteiger partial charge on any atom is -0.490 e. The van der Waals surface area contributed by atoms with Crippen molar-refractivity contribution in [2.75, 3.05) is 39.6 Å². The number of nitrogens with zero attached hydrogens (tertiary/aromatic N) is 12. The molecule has 3 aromatic carbocycles. The van der Waals surface area contributed by atoms with Gasteiger partial charge in [-0.3, -0.25) is 0 Å². The molecular weight excluding hydrogens is 1310 g/mol. The molecule has 18 heteroatoms. The van der Waals surface area contributed by atoms with E-state index < -0.39 is 0 Å². The van der Waals surface area contributed by atoms with Crippen LogP contribution in [0.1, 0.15) is 350 Å². The van der Waals surface area contributed by atoms with Crippen molar-refractivity contribution >= 4 is 0 Å². The van der Waals surface area contributed by atoms with E-state index in [4.69, 9.17) is 58.7 Å². The number of unbranched alkanes of at least 4 members (excludes halogenated alkanes) is 42. The van der Waals surface area contributed by atoms with E-state index in [-0.39, 0.29) is 17.5 Å². The fourth-order valence-corrected chi connectivity index (χ4v) is 13.3. The van der Waals surface area contributed by atoms with E-state index in [9.17, 15) is 0 Å². The number of aromatic nitrogens is 12. The topological polar surface area (TPSA) is 186 Å². The average Bonchev–Trinajstić information content (AvgIpc) is 1.50. The van der Waals surface area contributed by atoms with Gasteiger partial charge in [-0.05, 0) is 74.9 Å². The van der Waals surface area contributed by atoms with Crippen LogP contribution >= 0.6 is 0 Å². The summed E-state index contributed by atoms with van der Waals surface area (Å²) in [4.78, 5) is 15.2. The first-order valence-electron chi connectivity index (χ1n) is 42.7. The van der Waals surface area contributed by atoms with Crippen molar-refractivity contribution in [3.05, 3.63) is 73.2 Å². The maximum Gasteiger partial charge on any atom is 0.186 e. The highest BCUT2D eigenvalue weighted by Gasteiger charge is 2.22. The molecule has 0 saturated carbocycles. The highest BCUT2D eigenvalue weighted by atomic mass is 16.5. The molecule has 582 valence electrons. The smallest absolute Gasteiger partial charge is 0.186 e. The Morgan fingerprint density at radius 3 is 0.600 bits per heavy atom. The van der Waals surface area contributed by atoms with Gasteiger partial charge in [-0.1, -0.05) is 327 Å². The van der Waals surface area contributed by atoms with Crippen molar-refractivity contribution in [2.24, 2.45) is 0 Å². The molecule has 7 rings (SSSR count). The van der Waals surface area contributed by atoms with Gasteiger partial charge in [0, 0.05) is 18.2 Å². The molecule has 0 radical (unpaired) electrons. The second kappa shape index (κ2) is 54.5. The first-order chi connectivity index (χ1) is 51.9. The number of ether oxygens (including phenoxy) is 6. The van der Waals surface area contributed by atoms with Gasteiger partial charge in [0.15, 0.2) is 69.1 Å². The lowest BCUT2D eigenvalue weighted by molar-refractivity contribution is 0.258. The lowest BCUT2D eigenvalue weighted by atomic mass is 10.1. The average molecular weight is 1450 g/mol. The Hall–Kier alpha value is -7.11. The van der Waals surface area contributed by atoms with E-state index in [0.29, 0.717) is 74.0 Å². The van der Waals surface area contributed by atoms with Gasteiger partial charge in [-0.15, -0.1) is 15.3 Å². The number of hydrogen-bond donors (Lipinski definition) is 0. The molecule has 18 nitrogen and oxygen atoms in total. The van der Waals surface area contributed by atoms with Crippen molar-refractivity contribution < 1.29 is 28.4 Å². The quantitative estimate of drug-likeness (QED) is 0.0328. The van der Waals surface area contributed by atoms with Crippen LogP contribution in [0.4, 0.5) is 0 Å². The van der Waals surface area contributed by atoms with Gasteiger partial charge in [0.1, 0.15) is 0 Å². The fourth-order valence-electron chi connectivity index (χ4n) is 13.3. The lowest BCUT2D eigenvalue weighted by Crippen LogP contribution is -2.04. The summed E-state index contributed by atoms with van der Waals surface area (Å²) in [5, 5.41) is 28.2. The molecule has 0 atom stereocenters. The van der Waals surface area contributed by atoms with Crippen LogP contribution in [0.25, 0.3) is 51.6 Å². The van der Waals surface area contributed by atoms with E-state index in [2.05, 4.69) is 57.2 Å². The predicted octanol–water partition coefficient (Wildman–Crippen LogP) is 24.7. The van der Waals surface area contributed by atoms with Gasteiger partial charge in [0.2, 0.25) is 0 Å². The summed E-state index contributed by atoms with van der Waals surface area (Å²) in [5.41, 5.74) is 3.52. The van der Waals surface area contributed by atoms with Gasteiger partial charge < -0.3 is 28.4 Å². The molecule has 0 aliphatic rings. The molecule has 0 aliphatic carbocycles. The summed E-state index contributed by atoms with van der Waals surface area (Å²) in [6, 6.07) is 18.0. The second-order valence-corrected chi connectivity index (χ2v) is 29.3. The van der Waals surface area contributed by atoms with Crippen LogP contribution in [0, 0.1) is 0 Å². The molecule has 0 saturated heterocycles. The summed E-state index contributed by atoms with van der Waals surface area (Å²) in [6.07, 6.45) is 64.4. The molecule has 0 N–H and O–H groups in total. The normalized spacial score (nSPS) is 11.5. The zero-order chi connectivity index (χ0) is 73.7. The Labute approximate surface area is 633 Å². The van der Waals surface area contributed by atoms with Crippen LogP contribution in [0.3, 0.4) is 0 Å². The zero-order valence-electron chi connectivity index (χ0n) is 66.4. The van der Waals surface area contributed by atoms with Crippen LogP contribution in [0.2, 0.25) is 0 Å². The molecule has 0 amide bonds. The van der Waals surface area contributed by atoms with Gasteiger partial charge in [-0.25, -0.2) is 29.0 Å². The summed E-state index contributed by atoms with van der Waals surface area (Å²) < 4.78 is 44.3. The monoisotopic (exact) mass is 1450 g/mol. The second-order valence-electron chi connectivity index (χ2n) is 29.3. The van der Waals surface area contributed by atoms with Gasteiger partial charge in [0.05, 0.1) is 75.3 Å². The standard InChI is InChI=1S/C87H138N12O6/c1-7-13-19-25-31-37-43-49-61-100-79-58-55-73(67-82(79)103-64-52-46-40-34-28-22-16-10-4)97-70-76(91-94-97)85-88-86(77-71-98(95-92-77)74-56-59-80(101-62-50-44-38-32-26-20-14-8-2)83(68-74)104-65-53-47-41-35-29-23-17-11-5)90-87(89-85)78-72-99(96-93-78)75-57-60-81(102-63-51-45-39-33-27-21-15-9-3)84(69-75)105-66-54-48-42-36-30-24-18-12-6/h55-60,67-72H,7-54,61-66H2,1-6H3. The Morgan fingerprint density at radius 1 is 0.219 bits per heavy atom. The van der Waals surface area contributed by atoms with Gasteiger partial charge in [-0.2, -0.15) is 0 Å². The molecule has 4 aromatic heterocycles. The Morgan fingerprint density at radius 2 is 0.400 bits per heavy atom. The third-order valence-electron chi connectivity index (χ3n) is 19.9. The van der Waals surface area contributed by atoms with Crippen LogP contribution in [0.5, 0.6) is 34.5 Å². The molecular formula is C87H138N12O6. The Balaban J connectivity index is 1.17. The summed E-state index contributed by atoms with van der Waals surface area (Å²) in [6.45, 7) is 17.3. The van der Waals surface area contributed by atoms with Crippen molar-refractivity contribution in [2.45, 2.75) is 350 Å². The molecule has 0 bridgehead atoms. The first kappa shape index (κ1) is 85.1. The minimum absolute atomic E-state index is 0.270. The van der Waals surface area contributed by atoms with Crippen LogP contribution in [0.15, 0.2) is 73.2 Å². The van der Waals surface area contributed by atoms with Crippen LogP contribution in [-0.4, -0.2) is 99.6 Å². The zero-order valence-corrected chi connectivity index (χ0v) is 66.4. The summed E-state index contributed by atoms with van der Waals surface area (Å²) in [5.74, 6) is 5.07. The minimum atomic E-state index is 0.270. The van der Waals surface area contributed by atoms with E-state index in [1.54, 1.807) is 14.0 Å². The van der Waals surface area contributed by atoms with Crippen molar-refractivity contribution in [3.8, 4) is 86.1 Å². The molecule has 4 heterocycles. The molecule has 0 aliphatic heterocycles. The van der Waals surface area contributed by atoms with Crippen molar-refractivity contribution in [3.63, 3.8) is 0 Å². The summed E-state index contributed by atoms with van der Waals surface area (Å²) >= 11 is 0. The third-order valence-corrected chi connectivity index (χ3v) is 19.9. The van der Waals surface area contributed by atoms with E-state index in [1.165, 1.54) is 231 Å². The van der Waals surface area contributed by atoms with Gasteiger partial charge >= 0.3 is 0 Å². The number of hydrogen-bond acceptors (Lipinski definition) is 15. The highest BCUT2D eigenvalue weighted by Crippen LogP contribution is 2.35. The summed E-state index contributed by atoms with van der Waals surface area (Å²) in [7, 11) is 0. The lowest BCUT2D eigenvalue weighted by Gasteiger charge is -2.14. The molecule has 7 aromatic rings. The Kier molecular flexibility index (Phi) is 44.2. The largest absolute Gasteiger partial charge is 0.490 e.